The smallest absolute Gasteiger partial charge is 0.306 e. The topological polar surface area (TPSA) is 44.8 Å². The number of aryl methyl sites for hydroxylation is 1. The molecule has 0 saturated heterocycles. The molecular weight excluding hydrogens is 306 g/mol. The SMILES string of the molecule is CCOCO[C@H](CC)c1cc(F)c(F)cc1CCC(=O)OCC. The van der Waals surface area contributed by atoms with Crippen LogP contribution in [0.3, 0.4) is 0 Å². The third-order valence-electron chi connectivity index (χ3n) is 3.36. The van der Waals surface area contributed by atoms with Crippen molar-refractivity contribution in [1.29, 1.82) is 0 Å². The number of hydrogen-bond acceptors (Lipinski definition) is 4. The van der Waals surface area contributed by atoms with Gasteiger partial charge >= 0.3 is 5.97 Å². The fraction of sp³-hybridized carbons (Fsp3) is 0.588. The molecule has 4 nitrogen and oxygen atoms in total. The molecule has 0 radical (unpaired) electrons. The first-order valence-electron chi connectivity index (χ1n) is 7.86. The molecule has 0 heterocycles. The van der Waals surface area contributed by atoms with Gasteiger partial charge < -0.3 is 14.2 Å². The minimum Gasteiger partial charge on any atom is -0.466 e. The van der Waals surface area contributed by atoms with E-state index >= 15 is 0 Å². The van der Waals surface area contributed by atoms with Gasteiger partial charge in [-0.05, 0) is 49.9 Å². The molecule has 0 aromatic heterocycles. The van der Waals surface area contributed by atoms with Crippen LogP contribution in [-0.4, -0.2) is 26.0 Å². The standard InChI is InChI=1S/C17H24F2O4/c1-4-16(23-11-21-5-2)13-10-15(19)14(18)9-12(13)7-8-17(20)22-6-3/h9-10,16H,4-8,11H2,1-3H3/t16-/m1/s1. The number of carbonyl (C=O) groups is 1. The molecular formula is C17H24F2O4. The molecule has 1 aromatic rings. The Morgan fingerprint density at radius 1 is 1.13 bits per heavy atom. The van der Waals surface area contributed by atoms with Crippen LogP contribution >= 0.6 is 0 Å². The Bertz CT molecular complexity index is 506. The normalized spacial score (nSPS) is 12.2. The highest BCUT2D eigenvalue weighted by Gasteiger charge is 2.19. The van der Waals surface area contributed by atoms with Crippen LogP contribution in [0.15, 0.2) is 12.1 Å². The third kappa shape index (κ3) is 6.23. The van der Waals surface area contributed by atoms with Gasteiger partial charge in [0.15, 0.2) is 11.6 Å². The number of esters is 1. The van der Waals surface area contributed by atoms with Crippen molar-refractivity contribution >= 4 is 5.97 Å². The van der Waals surface area contributed by atoms with Crippen LogP contribution in [0, 0.1) is 11.6 Å². The molecule has 0 aliphatic carbocycles. The second-order valence-electron chi connectivity index (χ2n) is 4.94. The minimum absolute atomic E-state index is 0.0747. The van der Waals surface area contributed by atoms with Gasteiger partial charge in [-0.15, -0.1) is 0 Å². The number of carbonyl (C=O) groups excluding carboxylic acids is 1. The van der Waals surface area contributed by atoms with E-state index in [-0.39, 0.29) is 25.6 Å². The summed E-state index contributed by atoms with van der Waals surface area (Å²) in [6, 6.07) is 2.26. The van der Waals surface area contributed by atoms with Gasteiger partial charge in [-0.2, -0.15) is 0 Å². The van der Waals surface area contributed by atoms with Crippen molar-refractivity contribution < 1.29 is 27.8 Å². The van der Waals surface area contributed by atoms with E-state index in [1.165, 1.54) is 0 Å². The summed E-state index contributed by atoms with van der Waals surface area (Å²) in [4.78, 5) is 11.5. The van der Waals surface area contributed by atoms with E-state index in [4.69, 9.17) is 14.2 Å². The number of rotatable bonds is 10. The van der Waals surface area contributed by atoms with Crippen molar-refractivity contribution in [2.75, 3.05) is 20.0 Å². The molecule has 6 heteroatoms. The molecule has 1 aromatic carbocycles. The lowest BCUT2D eigenvalue weighted by atomic mass is 9.96. The molecule has 0 unspecified atom stereocenters. The Hall–Kier alpha value is -1.53. The average Bonchev–Trinajstić information content (AvgIpc) is 2.53. The Kier molecular flexibility index (Phi) is 8.73. The molecule has 0 fully saturated rings. The summed E-state index contributed by atoms with van der Waals surface area (Å²) in [7, 11) is 0. The molecule has 0 aliphatic heterocycles. The number of halogens is 2. The first-order chi connectivity index (χ1) is 11.0. The highest BCUT2D eigenvalue weighted by Crippen LogP contribution is 2.28. The summed E-state index contributed by atoms with van der Waals surface area (Å²) in [5.74, 6) is -2.24. The van der Waals surface area contributed by atoms with Gasteiger partial charge in [-0.3, -0.25) is 4.79 Å². The maximum atomic E-state index is 13.6. The molecule has 1 rings (SSSR count). The van der Waals surface area contributed by atoms with Gasteiger partial charge in [0.1, 0.15) is 6.79 Å². The maximum Gasteiger partial charge on any atom is 0.306 e. The first-order valence-corrected chi connectivity index (χ1v) is 7.86. The minimum atomic E-state index is -0.938. The Labute approximate surface area is 135 Å². The molecule has 0 bridgehead atoms. The van der Waals surface area contributed by atoms with Crippen molar-refractivity contribution in [3.05, 3.63) is 34.9 Å². The zero-order chi connectivity index (χ0) is 17.2. The fourth-order valence-electron chi connectivity index (χ4n) is 2.23. The summed E-state index contributed by atoms with van der Waals surface area (Å²) in [5.41, 5.74) is 1.08. The maximum absolute atomic E-state index is 13.6. The average molecular weight is 330 g/mol. The fourth-order valence-corrected chi connectivity index (χ4v) is 2.23. The lowest BCUT2D eigenvalue weighted by Gasteiger charge is -2.20. The summed E-state index contributed by atoms with van der Waals surface area (Å²) in [6.07, 6.45) is 0.520. The number of ether oxygens (including phenoxy) is 3. The van der Waals surface area contributed by atoms with Gasteiger partial charge in [0, 0.05) is 13.0 Å². The predicted molar refractivity (Wildman–Crippen MR) is 81.9 cm³/mol. The van der Waals surface area contributed by atoms with Crippen LogP contribution in [0.2, 0.25) is 0 Å². The molecule has 0 saturated carbocycles. The molecule has 130 valence electrons. The third-order valence-corrected chi connectivity index (χ3v) is 3.36. The van der Waals surface area contributed by atoms with E-state index in [0.717, 1.165) is 12.1 Å². The highest BCUT2D eigenvalue weighted by molar-refractivity contribution is 5.69. The van der Waals surface area contributed by atoms with Crippen LogP contribution < -0.4 is 0 Å². The van der Waals surface area contributed by atoms with Crippen molar-refractivity contribution in [2.24, 2.45) is 0 Å². The van der Waals surface area contributed by atoms with Crippen LogP contribution in [0.5, 0.6) is 0 Å². The zero-order valence-corrected chi connectivity index (χ0v) is 13.9. The Balaban J connectivity index is 2.93. The van der Waals surface area contributed by atoms with Crippen LogP contribution in [0.25, 0.3) is 0 Å². The molecule has 0 spiro atoms. The quantitative estimate of drug-likeness (QED) is 0.370. The Morgan fingerprint density at radius 3 is 2.43 bits per heavy atom. The molecule has 1 atom stereocenters. The molecule has 0 N–H and O–H groups in total. The molecule has 0 amide bonds. The van der Waals surface area contributed by atoms with Crippen LogP contribution in [0.1, 0.15) is 50.8 Å². The Morgan fingerprint density at radius 2 is 1.83 bits per heavy atom. The number of hydrogen-bond donors (Lipinski definition) is 0. The van der Waals surface area contributed by atoms with Gasteiger partial charge in [0.2, 0.25) is 0 Å². The largest absolute Gasteiger partial charge is 0.466 e. The second-order valence-corrected chi connectivity index (χ2v) is 4.94. The van der Waals surface area contributed by atoms with Crippen molar-refractivity contribution in [3.63, 3.8) is 0 Å². The van der Waals surface area contributed by atoms with Crippen molar-refractivity contribution in [2.45, 2.75) is 46.1 Å². The highest BCUT2D eigenvalue weighted by atomic mass is 19.2. The lowest BCUT2D eigenvalue weighted by molar-refractivity contribution is -0.143. The number of benzene rings is 1. The van der Waals surface area contributed by atoms with Crippen molar-refractivity contribution in [1.82, 2.24) is 0 Å². The van der Waals surface area contributed by atoms with Gasteiger partial charge in [0.25, 0.3) is 0 Å². The summed E-state index contributed by atoms with van der Waals surface area (Å²) < 4.78 is 42.8. The lowest BCUT2D eigenvalue weighted by Crippen LogP contribution is -2.12. The summed E-state index contributed by atoms with van der Waals surface area (Å²) in [5, 5.41) is 0. The van der Waals surface area contributed by atoms with Crippen LogP contribution in [-0.2, 0) is 25.4 Å². The van der Waals surface area contributed by atoms with E-state index in [2.05, 4.69) is 0 Å². The van der Waals surface area contributed by atoms with E-state index < -0.39 is 17.7 Å². The molecule has 23 heavy (non-hydrogen) atoms. The van der Waals surface area contributed by atoms with Crippen LogP contribution in [0.4, 0.5) is 8.78 Å². The van der Waals surface area contributed by atoms with Gasteiger partial charge in [-0.1, -0.05) is 6.92 Å². The van der Waals surface area contributed by atoms with Gasteiger partial charge in [0.05, 0.1) is 12.7 Å². The van der Waals surface area contributed by atoms with E-state index in [1.54, 1.807) is 6.92 Å². The predicted octanol–water partition coefficient (Wildman–Crippen LogP) is 3.92. The van der Waals surface area contributed by atoms with Crippen molar-refractivity contribution in [3.8, 4) is 0 Å². The molecule has 0 aliphatic rings. The summed E-state index contributed by atoms with van der Waals surface area (Å²) in [6.45, 7) is 6.31. The van der Waals surface area contributed by atoms with E-state index in [9.17, 15) is 13.6 Å². The van der Waals surface area contributed by atoms with E-state index in [1.807, 2.05) is 13.8 Å². The zero-order valence-electron chi connectivity index (χ0n) is 13.9. The summed E-state index contributed by atoms with van der Waals surface area (Å²) >= 11 is 0. The van der Waals surface area contributed by atoms with E-state index in [0.29, 0.717) is 30.8 Å². The monoisotopic (exact) mass is 330 g/mol. The van der Waals surface area contributed by atoms with Gasteiger partial charge in [-0.25, -0.2) is 8.78 Å². The first kappa shape index (κ1) is 19.5. The second kappa shape index (κ2) is 10.3.